The summed E-state index contributed by atoms with van der Waals surface area (Å²) in [5, 5.41) is 5.17. The standard InChI is InChI=1S/C15H17ClN4S/c1-10-14(11-3-5-12(16)6-4-11)19-13(21-10)9-18-15-17-7-8-20(15)2/h3-6H,7-9H2,1-2H3,(H,17,18). The number of aliphatic imine (C=N–C) groups is 1. The molecule has 4 nitrogen and oxygen atoms in total. The van der Waals surface area contributed by atoms with E-state index in [1.807, 2.05) is 31.3 Å². The van der Waals surface area contributed by atoms with Gasteiger partial charge in [-0.2, -0.15) is 0 Å². The van der Waals surface area contributed by atoms with Gasteiger partial charge in [-0.3, -0.25) is 4.99 Å². The van der Waals surface area contributed by atoms with Crippen molar-refractivity contribution in [3.05, 3.63) is 39.2 Å². The highest BCUT2D eigenvalue weighted by atomic mass is 35.5. The lowest BCUT2D eigenvalue weighted by molar-refractivity contribution is 0.534. The molecule has 0 bridgehead atoms. The van der Waals surface area contributed by atoms with Gasteiger partial charge in [-0.25, -0.2) is 4.98 Å². The van der Waals surface area contributed by atoms with E-state index in [0.717, 1.165) is 40.3 Å². The van der Waals surface area contributed by atoms with Crippen molar-refractivity contribution in [2.45, 2.75) is 13.5 Å². The summed E-state index contributed by atoms with van der Waals surface area (Å²) >= 11 is 7.65. The summed E-state index contributed by atoms with van der Waals surface area (Å²) in [6.07, 6.45) is 0. The summed E-state index contributed by atoms with van der Waals surface area (Å²) in [5.41, 5.74) is 2.14. The number of rotatable bonds is 3. The molecule has 0 unspecified atom stereocenters. The Labute approximate surface area is 133 Å². The molecule has 0 saturated carbocycles. The van der Waals surface area contributed by atoms with E-state index < -0.39 is 0 Å². The molecule has 0 saturated heterocycles. The molecule has 0 aliphatic carbocycles. The second kappa shape index (κ2) is 6.03. The van der Waals surface area contributed by atoms with Crippen LogP contribution in [0, 0.1) is 6.92 Å². The zero-order valence-corrected chi connectivity index (χ0v) is 13.6. The van der Waals surface area contributed by atoms with E-state index in [-0.39, 0.29) is 0 Å². The van der Waals surface area contributed by atoms with Crippen LogP contribution in [0.4, 0.5) is 0 Å². The van der Waals surface area contributed by atoms with E-state index in [1.54, 1.807) is 11.3 Å². The van der Waals surface area contributed by atoms with Gasteiger partial charge < -0.3 is 10.2 Å². The van der Waals surface area contributed by atoms with Crippen LogP contribution in [0.15, 0.2) is 29.3 Å². The number of nitrogens with one attached hydrogen (secondary N) is 1. The van der Waals surface area contributed by atoms with Crippen molar-refractivity contribution in [3.8, 4) is 11.3 Å². The molecule has 1 aliphatic rings. The van der Waals surface area contributed by atoms with Crippen molar-refractivity contribution in [2.75, 3.05) is 20.1 Å². The normalized spacial score (nSPS) is 14.4. The maximum Gasteiger partial charge on any atom is 0.194 e. The second-order valence-corrected chi connectivity index (χ2v) is 6.72. The Morgan fingerprint density at radius 3 is 2.76 bits per heavy atom. The maximum atomic E-state index is 5.93. The minimum absolute atomic E-state index is 0.711. The number of guanidine groups is 1. The molecule has 1 aromatic heterocycles. The number of thiazole rings is 1. The minimum Gasteiger partial charge on any atom is -0.350 e. The van der Waals surface area contributed by atoms with Crippen molar-refractivity contribution in [1.29, 1.82) is 0 Å². The quantitative estimate of drug-likeness (QED) is 0.944. The van der Waals surface area contributed by atoms with Gasteiger partial charge in [0.25, 0.3) is 0 Å². The molecule has 0 atom stereocenters. The first-order chi connectivity index (χ1) is 10.1. The van der Waals surface area contributed by atoms with E-state index in [0.29, 0.717) is 6.54 Å². The molecule has 0 amide bonds. The van der Waals surface area contributed by atoms with Gasteiger partial charge in [-0.1, -0.05) is 23.7 Å². The van der Waals surface area contributed by atoms with E-state index >= 15 is 0 Å². The summed E-state index contributed by atoms with van der Waals surface area (Å²) in [6, 6.07) is 7.82. The van der Waals surface area contributed by atoms with Gasteiger partial charge >= 0.3 is 0 Å². The lowest BCUT2D eigenvalue weighted by Gasteiger charge is -2.14. The third kappa shape index (κ3) is 3.19. The molecule has 2 aromatic rings. The van der Waals surface area contributed by atoms with E-state index in [4.69, 9.17) is 16.6 Å². The minimum atomic E-state index is 0.711. The largest absolute Gasteiger partial charge is 0.350 e. The number of hydrogen-bond acceptors (Lipinski definition) is 5. The molecule has 1 aromatic carbocycles. The fraction of sp³-hybridized carbons (Fsp3) is 0.333. The Kier molecular flexibility index (Phi) is 4.12. The summed E-state index contributed by atoms with van der Waals surface area (Å²) in [7, 11) is 2.05. The molecule has 0 radical (unpaired) electrons. The van der Waals surface area contributed by atoms with Crippen molar-refractivity contribution >= 4 is 28.9 Å². The van der Waals surface area contributed by atoms with Crippen LogP contribution in [0.5, 0.6) is 0 Å². The van der Waals surface area contributed by atoms with Gasteiger partial charge in [0, 0.05) is 29.1 Å². The SMILES string of the molecule is Cc1sc(CNC2=NCCN2C)nc1-c1ccc(Cl)cc1. The average molecular weight is 321 g/mol. The summed E-state index contributed by atoms with van der Waals surface area (Å²) < 4.78 is 0. The molecule has 110 valence electrons. The summed E-state index contributed by atoms with van der Waals surface area (Å²) in [5.74, 6) is 0.955. The molecule has 0 spiro atoms. The van der Waals surface area contributed by atoms with Crippen LogP contribution in [-0.2, 0) is 6.54 Å². The first-order valence-corrected chi connectivity index (χ1v) is 8.04. The highest BCUT2D eigenvalue weighted by Gasteiger charge is 2.14. The molecule has 21 heavy (non-hydrogen) atoms. The Hall–Kier alpha value is -1.59. The van der Waals surface area contributed by atoms with Gasteiger partial charge in [0.15, 0.2) is 5.96 Å². The lowest BCUT2D eigenvalue weighted by atomic mass is 10.1. The molecule has 2 heterocycles. The lowest BCUT2D eigenvalue weighted by Crippen LogP contribution is -2.35. The van der Waals surface area contributed by atoms with Crippen LogP contribution in [0.25, 0.3) is 11.3 Å². The van der Waals surface area contributed by atoms with Crippen LogP contribution >= 0.6 is 22.9 Å². The first-order valence-electron chi connectivity index (χ1n) is 6.85. The van der Waals surface area contributed by atoms with Crippen LogP contribution in [0.3, 0.4) is 0 Å². The van der Waals surface area contributed by atoms with E-state index in [1.165, 1.54) is 4.88 Å². The summed E-state index contributed by atoms with van der Waals surface area (Å²) in [6.45, 7) is 4.66. The number of nitrogens with zero attached hydrogens (tertiary/aromatic N) is 3. The van der Waals surface area contributed by atoms with Crippen molar-refractivity contribution in [3.63, 3.8) is 0 Å². The van der Waals surface area contributed by atoms with Crippen LogP contribution in [-0.4, -0.2) is 36.0 Å². The van der Waals surface area contributed by atoms with Gasteiger partial charge in [-0.15, -0.1) is 11.3 Å². The van der Waals surface area contributed by atoms with Crippen molar-refractivity contribution in [2.24, 2.45) is 4.99 Å². The number of hydrogen-bond donors (Lipinski definition) is 1. The maximum absolute atomic E-state index is 5.93. The Morgan fingerprint density at radius 2 is 2.10 bits per heavy atom. The van der Waals surface area contributed by atoms with Crippen LogP contribution in [0.1, 0.15) is 9.88 Å². The number of likely N-dealkylation sites (N-methyl/N-ethyl adjacent to an activating group) is 1. The van der Waals surface area contributed by atoms with Crippen molar-refractivity contribution in [1.82, 2.24) is 15.2 Å². The van der Waals surface area contributed by atoms with Crippen LogP contribution < -0.4 is 5.32 Å². The smallest absolute Gasteiger partial charge is 0.194 e. The number of benzene rings is 1. The highest BCUT2D eigenvalue weighted by Crippen LogP contribution is 2.28. The molecule has 6 heteroatoms. The molecule has 1 N–H and O–H groups in total. The third-order valence-corrected chi connectivity index (χ3v) is 4.64. The van der Waals surface area contributed by atoms with Crippen LogP contribution in [0.2, 0.25) is 5.02 Å². The zero-order valence-electron chi connectivity index (χ0n) is 12.1. The van der Waals surface area contributed by atoms with E-state index in [2.05, 4.69) is 22.1 Å². The summed E-state index contributed by atoms with van der Waals surface area (Å²) in [4.78, 5) is 12.5. The predicted octanol–water partition coefficient (Wildman–Crippen LogP) is 3.16. The topological polar surface area (TPSA) is 40.5 Å². The molecule has 0 fully saturated rings. The molecule has 3 rings (SSSR count). The van der Waals surface area contributed by atoms with Gasteiger partial charge in [0.2, 0.25) is 0 Å². The molecular formula is C15H17ClN4S. The average Bonchev–Trinajstić information content (AvgIpc) is 3.04. The number of aromatic nitrogens is 1. The fourth-order valence-electron chi connectivity index (χ4n) is 2.28. The fourth-order valence-corrected chi connectivity index (χ4v) is 3.30. The Morgan fingerprint density at radius 1 is 1.33 bits per heavy atom. The Bertz CT molecular complexity index is 663. The second-order valence-electron chi connectivity index (χ2n) is 5.00. The van der Waals surface area contributed by atoms with Gasteiger partial charge in [-0.05, 0) is 19.1 Å². The van der Waals surface area contributed by atoms with E-state index in [9.17, 15) is 0 Å². The first kappa shape index (κ1) is 14.4. The van der Waals surface area contributed by atoms with Gasteiger partial charge in [0.05, 0.1) is 18.8 Å². The third-order valence-electron chi connectivity index (χ3n) is 3.41. The monoisotopic (exact) mass is 320 g/mol. The number of halogens is 1. The van der Waals surface area contributed by atoms with Gasteiger partial charge in [0.1, 0.15) is 5.01 Å². The van der Waals surface area contributed by atoms with Crippen molar-refractivity contribution < 1.29 is 0 Å². The number of aryl methyl sites for hydroxylation is 1. The Balaban J connectivity index is 1.73. The zero-order chi connectivity index (χ0) is 14.8. The highest BCUT2D eigenvalue weighted by molar-refractivity contribution is 7.12. The predicted molar refractivity (Wildman–Crippen MR) is 89.1 cm³/mol. The molecular weight excluding hydrogens is 304 g/mol. The molecule has 1 aliphatic heterocycles.